The largest absolute Gasteiger partial charge is 0.405 e. The maximum Gasteiger partial charge on any atom is 0.405 e. The lowest BCUT2D eigenvalue weighted by Gasteiger charge is -2.08. The number of nitrogens with zero attached hydrogens (tertiary/aromatic N) is 5. The molecule has 1 N–H and O–H groups in total. The van der Waals surface area contributed by atoms with Crippen LogP contribution in [0.5, 0.6) is 0 Å². The summed E-state index contributed by atoms with van der Waals surface area (Å²) >= 11 is 0. The maximum absolute atomic E-state index is 12.3. The van der Waals surface area contributed by atoms with Crippen LogP contribution in [-0.4, -0.2) is 37.3 Å². The van der Waals surface area contributed by atoms with Crippen molar-refractivity contribution in [1.29, 1.82) is 0 Å². The van der Waals surface area contributed by atoms with Gasteiger partial charge in [-0.25, -0.2) is 9.50 Å². The molecule has 0 aliphatic rings. The highest BCUT2D eigenvalue weighted by Gasteiger charge is 2.27. The van der Waals surface area contributed by atoms with E-state index >= 15 is 0 Å². The highest BCUT2D eigenvalue weighted by atomic mass is 19.4. The SMILES string of the molecule is FC(F)(F)CNc1ncc2c(-c3ccc4nccnc4c3)ccn2n1. The molecule has 126 valence electrons. The van der Waals surface area contributed by atoms with Crippen LogP contribution in [0.4, 0.5) is 19.1 Å². The van der Waals surface area contributed by atoms with E-state index in [1.165, 1.54) is 10.7 Å². The summed E-state index contributed by atoms with van der Waals surface area (Å²) in [5, 5.41) is 6.22. The number of benzene rings is 1. The predicted molar refractivity (Wildman–Crippen MR) is 86.1 cm³/mol. The third-order valence-electron chi connectivity index (χ3n) is 3.64. The summed E-state index contributed by atoms with van der Waals surface area (Å²) in [4.78, 5) is 12.5. The first-order chi connectivity index (χ1) is 12.0. The van der Waals surface area contributed by atoms with Crippen molar-refractivity contribution >= 4 is 22.5 Å². The second-order valence-electron chi connectivity index (χ2n) is 5.37. The van der Waals surface area contributed by atoms with Gasteiger partial charge in [0, 0.05) is 24.2 Å². The molecule has 0 saturated carbocycles. The molecule has 1 aromatic carbocycles. The van der Waals surface area contributed by atoms with Gasteiger partial charge in [0.25, 0.3) is 0 Å². The second kappa shape index (κ2) is 5.69. The monoisotopic (exact) mass is 344 g/mol. The number of hydrogen-bond donors (Lipinski definition) is 1. The van der Waals surface area contributed by atoms with Gasteiger partial charge in [0.05, 0.1) is 22.7 Å². The summed E-state index contributed by atoms with van der Waals surface area (Å²) in [6.45, 7) is -1.18. The van der Waals surface area contributed by atoms with Crippen molar-refractivity contribution in [2.75, 3.05) is 11.9 Å². The molecule has 0 radical (unpaired) electrons. The fraction of sp³-hybridized carbons (Fsp3) is 0.125. The molecule has 0 atom stereocenters. The van der Waals surface area contributed by atoms with E-state index in [1.807, 2.05) is 24.3 Å². The van der Waals surface area contributed by atoms with Gasteiger partial charge in [-0.2, -0.15) is 13.2 Å². The van der Waals surface area contributed by atoms with E-state index in [-0.39, 0.29) is 5.95 Å². The molecule has 0 fully saturated rings. The number of nitrogens with one attached hydrogen (secondary N) is 1. The Morgan fingerprint density at radius 3 is 2.60 bits per heavy atom. The van der Waals surface area contributed by atoms with Crippen molar-refractivity contribution in [3.05, 3.63) is 49.1 Å². The number of halogens is 3. The third kappa shape index (κ3) is 3.08. The van der Waals surface area contributed by atoms with E-state index in [2.05, 4.69) is 25.4 Å². The third-order valence-corrected chi connectivity index (χ3v) is 3.64. The van der Waals surface area contributed by atoms with Crippen molar-refractivity contribution < 1.29 is 13.2 Å². The summed E-state index contributed by atoms with van der Waals surface area (Å²) in [7, 11) is 0. The van der Waals surface area contributed by atoms with E-state index in [1.54, 1.807) is 18.6 Å². The average Bonchev–Trinajstić information content (AvgIpc) is 3.02. The Morgan fingerprint density at radius 2 is 1.80 bits per heavy atom. The van der Waals surface area contributed by atoms with Gasteiger partial charge in [0.2, 0.25) is 5.95 Å². The van der Waals surface area contributed by atoms with Crippen LogP contribution in [0, 0.1) is 0 Å². The fourth-order valence-corrected chi connectivity index (χ4v) is 2.54. The molecule has 25 heavy (non-hydrogen) atoms. The van der Waals surface area contributed by atoms with E-state index in [9.17, 15) is 13.2 Å². The van der Waals surface area contributed by atoms with Gasteiger partial charge in [-0.3, -0.25) is 9.97 Å². The van der Waals surface area contributed by atoms with Crippen LogP contribution in [0.3, 0.4) is 0 Å². The smallest absolute Gasteiger partial charge is 0.344 e. The van der Waals surface area contributed by atoms with Crippen LogP contribution in [0.25, 0.3) is 27.7 Å². The van der Waals surface area contributed by atoms with Gasteiger partial charge in [-0.15, -0.1) is 5.10 Å². The second-order valence-corrected chi connectivity index (χ2v) is 5.37. The van der Waals surface area contributed by atoms with E-state index in [0.717, 1.165) is 22.2 Å². The Kier molecular flexibility index (Phi) is 3.48. The summed E-state index contributed by atoms with van der Waals surface area (Å²) in [6, 6.07) is 7.49. The molecule has 0 bridgehead atoms. The molecule has 0 unspecified atom stereocenters. The molecular weight excluding hydrogens is 333 g/mol. The summed E-state index contributed by atoms with van der Waals surface area (Å²) in [6.07, 6.45) is 2.07. The predicted octanol–water partition coefficient (Wildman–Crippen LogP) is 3.31. The average molecular weight is 344 g/mol. The van der Waals surface area contributed by atoms with Gasteiger partial charge >= 0.3 is 6.18 Å². The number of aromatic nitrogens is 5. The molecule has 3 aromatic heterocycles. The molecule has 4 aromatic rings. The minimum atomic E-state index is -4.33. The van der Waals surface area contributed by atoms with E-state index < -0.39 is 12.7 Å². The number of fused-ring (bicyclic) bond motifs is 2. The fourth-order valence-electron chi connectivity index (χ4n) is 2.54. The Morgan fingerprint density at radius 1 is 1.00 bits per heavy atom. The number of rotatable bonds is 3. The van der Waals surface area contributed by atoms with Crippen molar-refractivity contribution in [3.8, 4) is 11.1 Å². The molecule has 3 heterocycles. The standard InChI is InChI=1S/C16H11F3N6/c17-16(18,19)9-23-15-22-8-14-11(3-6-25(14)24-15)10-1-2-12-13(7-10)21-5-4-20-12/h1-8H,9H2,(H,23,24). The van der Waals surface area contributed by atoms with Crippen LogP contribution in [0.15, 0.2) is 49.1 Å². The Bertz CT molecular complexity index is 1060. The Hall–Kier alpha value is -3.23. The molecule has 0 amide bonds. The van der Waals surface area contributed by atoms with E-state index in [4.69, 9.17) is 0 Å². The van der Waals surface area contributed by atoms with Gasteiger partial charge in [0.15, 0.2) is 0 Å². The van der Waals surface area contributed by atoms with Crippen molar-refractivity contribution in [2.24, 2.45) is 0 Å². The topological polar surface area (TPSA) is 68.0 Å². The highest BCUT2D eigenvalue weighted by Crippen LogP contribution is 2.27. The first kappa shape index (κ1) is 15.3. The zero-order valence-electron chi connectivity index (χ0n) is 12.7. The molecule has 0 aliphatic carbocycles. The molecule has 9 heteroatoms. The van der Waals surface area contributed by atoms with E-state index in [0.29, 0.717) is 5.52 Å². The zero-order chi connectivity index (χ0) is 17.4. The molecule has 0 aliphatic heterocycles. The Balaban J connectivity index is 1.70. The zero-order valence-corrected chi connectivity index (χ0v) is 12.7. The van der Waals surface area contributed by atoms with Crippen LogP contribution in [-0.2, 0) is 0 Å². The number of anilines is 1. The van der Waals surface area contributed by atoms with Crippen LogP contribution in [0.1, 0.15) is 0 Å². The normalized spacial score (nSPS) is 12.0. The van der Waals surface area contributed by atoms with Crippen LogP contribution >= 0.6 is 0 Å². The first-order valence-electron chi connectivity index (χ1n) is 7.36. The van der Waals surface area contributed by atoms with Crippen molar-refractivity contribution in [3.63, 3.8) is 0 Å². The lowest BCUT2D eigenvalue weighted by molar-refractivity contribution is -0.115. The number of alkyl halides is 3. The molecule has 0 spiro atoms. The quantitative estimate of drug-likeness (QED) is 0.617. The maximum atomic E-state index is 12.3. The minimum Gasteiger partial charge on any atom is -0.344 e. The molecular formula is C16H11F3N6. The summed E-state index contributed by atoms with van der Waals surface area (Å²) < 4.78 is 38.3. The minimum absolute atomic E-state index is 0.0867. The number of hydrogen-bond acceptors (Lipinski definition) is 5. The van der Waals surface area contributed by atoms with Crippen molar-refractivity contribution in [2.45, 2.75) is 6.18 Å². The first-order valence-corrected chi connectivity index (χ1v) is 7.36. The lowest BCUT2D eigenvalue weighted by atomic mass is 10.1. The van der Waals surface area contributed by atoms with Gasteiger partial charge in [-0.05, 0) is 23.8 Å². The van der Waals surface area contributed by atoms with Gasteiger partial charge in [-0.1, -0.05) is 6.07 Å². The van der Waals surface area contributed by atoms with Crippen LogP contribution < -0.4 is 5.32 Å². The van der Waals surface area contributed by atoms with Crippen molar-refractivity contribution in [1.82, 2.24) is 24.6 Å². The van der Waals surface area contributed by atoms with Gasteiger partial charge < -0.3 is 5.32 Å². The lowest BCUT2D eigenvalue weighted by Crippen LogP contribution is -2.22. The Labute approximate surface area is 139 Å². The molecule has 6 nitrogen and oxygen atoms in total. The molecule has 0 saturated heterocycles. The molecule has 4 rings (SSSR count). The van der Waals surface area contributed by atoms with Crippen LogP contribution in [0.2, 0.25) is 0 Å². The summed E-state index contributed by atoms with van der Waals surface area (Å²) in [5.41, 5.74) is 3.97. The summed E-state index contributed by atoms with van der Waals surface area (Å²) in [5.74, 6) is -0.0867. The highest BCUT2D eigenvalue weighted by molar-refractivity contribution is 5.86. The van der Waals surface area contributed by atoms with Gasteiger partial charge in [0.1, 0.15) is 6.54 Å².